The first-order valence-corrected chi connectivity index (χ1v) is 8.07. The molecular weight excluding hydrogens is 328 g/mol. The monoisotopic (exact) mass is 340 g/mol. The van der Waals surface area contributed by atoms with Crippen molar-refractivity contribution in [1.82, 2.24) is 9.88 Å². The van der Waals surface area contributed by atoms with E-state index in [1.165, 1.54) is 17.4 Å². The van der Waals surface area contributed by atoms with Gasteiger partial charge in [0.15, 0.2) is 5.13 Å². The molecule has 1 aliphatic heterocycles. The number of nitro benzene ring substituents is 1. The molecule has 22 heavy (non-hydrogen) atoms. The van der Waals surface area contributed by atoms with Gasteiger partial charge in [-0.05, 0) is 6.07 Å². The van der Waals surface area contributed by atoms with Gasteiger partial charge in [0.2, 0.25) is 5.91 Å². The van der Waals surface area contributed by atoms with E-state index in [9.17, 15) is 14.9 Å². The molecule has 1 fully saturated rings. The molecule has 2 heterocycles. The summed E-state index contributed by atoms with van der Waals surface area (Å²) in [5, 5.41) is 11.6. The van der Waals surface area contributed by atoms with Gasteiger partial charge in [-0.15, -0.1) is 11.6 Å². The quantitative estimate of drug-likeness (QED) is 0.485. The molecule has 0 radical (unpaired) electrons. The van der Waals surface area contributed by atoms with Crippen LogP contribution in [0.5, 0.6) is 0 Å². The second-order valence-electron chi connectivity index (χ2n) is 4.91. The van der Waals surface area contributed by atoms with Crippen LogP contribution in [0.4, 0.5) is 10.8 Å². The van der Waals surface area contributed by atoms with Gasteiger partial charge >= 0.3 is 0 Å². The normalized spacial score (nSPS) is 15.3. The molecule has 9 heteroatoms. The van der Waals surface area contributed by atoms with Crippen molar-refractivity contribution in [3.8, 4) is 0 Å². The molecule has 0 unspecified atom stereocenters. The van der Waals surface area contributed by atoms with Crippen molar-refractivity contribution in [3.63, 3.8) is 0 Å². The van der Waals surface area contributed by atoms with Crippen LogP contribution in [0.2, 0.25) is 0 Å². The van der Waals surface area contributed by atoms with Crippen molar-refractivity contribution >= 4 is 49.9 Å². The molecule has 0 spiro atoms. The topological polar surface area (TPSA) is 79.6 Å². The molecule has 0 aliphatic carbocycles. The van der Waals surface area contributed by atoms with Crippen molar-refractivity contribution in [3.05, 3.63) is 28.3 Å². The maximum atomic E-state index is 11.6. The standard InChI is InChI=1S/C13H13ClN4O3S/c14-8-12(19)16-3-5-17(6-4-16)13-15-10-2-1-9(18(20)21)7-11(10)22-13/h1-2,7H,3-6,8H2. The number of fused-ring (bicyclic) bond motifs is 1. The predicted molar refractivity (Wildman–Crippen MR) is 85.8 cm³/mol. The van der Waals surface area contributed by atoms with E-state index in [2.05, 4.69) is 9.88 Å². The minimum absolute atomic E-state index is 0.00477. The number of aromatic nitrogens is 1. The third-order valence-corrected chi connectivity index (χ3v) is 4.90. The molecule has 1 aromatic carbocycles. The third-order valence-electron chi connectivity index (χ3n) is 3.59. The lowest BCUT2D eigenvalue weighted by Crippen LogP contribution is -2.49. The first kappa shape index (κ1) is 15.0. The number of amides is 1. The van der Waals surface area contributed by atoms with E-state index in [-0.39, 0.29) is 17.5 Å². The summed E-state index contributed by atoms with van der Waals surface area (Å²) in [7, 11) is 0. The predicted octanol–water partition coefficient (Wildman–Crippen LogP) is 2.09. The Hall–Kier alpha value is -1.93. The number of halogens is 1. The first-order chi connectivity index (χ1) is 10.6. The SMILES string of the molecule is O=C(CCl)N1CCN(c2nc3ccc([N+](=O)[O-])cc3s2)CC1. The fraction of sp³-hybridized carbons (Fsp3) is 0.385. The molecule has 0 saturated carbocycles. The van der Waals surface area contributed by atoms with E-state index >= 15 is 0 Å². The Morgan fingerprint density at radius 1 is 1.36 bits per heavy atom. The average Bonchev–Trinajstić information content (AvgIpc) is 2.97. The molecule has 7 nitrogen and oxygen atoms in total. The number of piperazine rings is 1. The number of benzene rings is 1. The zero-order valence-electron chi connectivity index (χ0n) is 11.6. The van der Waals surface area contributed by atoms with E-state index in [1.807, 2.05) is 0 Å². The van der Waals surface area contributed by atoms with Crippen molar-refractivity contribution in [2.24, 2.45) is 0 Å². The number of non-ortho nitro benzene ring substituents is 1. The van der Waals surface area contributed by atoms with Crippen LogP contribution in [0.3, 0.4) is 0 Å². The fourth-order valence-corrected chi connectivity index (χ4v) is 3.60. The van der Waals surface area contributed by atoms with Crippen molar-refractivity contribution in [1.29, 1.82) is 0 Å². The molecule has 0 bridgehead atoms. The highest BCUT2D eigenvalue weighted by Gasteiger charge is 2.22. The second-order valence-corrected chi connectivity index (χ2v) is 6.18. The molecule has 1 saturated heterocycles. The zero-order chi connectivity index (χ0) is 15.7. The lowest BCUT2D eigenvalue weighted by atomic mass is 10.3. The number of alkyl halides is 1. The van der Waals surface area contributed by atoms with Gasteiger partial charge in [-0.3, -0.25) is 14.9 Å². The second kappa shape index (κ2) is 6.05. The van der Waals surface area contributed by atoms with Crippen LogP contribution in [0.25, 0.3) is 10.2 Å². The van der Waals surface area contributed by atoms with Gasteiger partial charge in [-0.2, -0.15) is 0 Å². The van der Waals surface area contributed by atoms with E-state index in [0.29, 0.717) is 26.2 Å². The minimum atomic E-state index is -0.407. The van der Waals surface area contributed by atoms with Gasteiger partial charge in [0, 0.05) is 38.3 Å². The fourth-order valence-electron chi connectivity index (χ4n) is 2.38. The van der Waals surface area contributed by atoms with E-state index in [0.717, 1.165) is 15.3 Å². The summed E-state index contributed by atoms with van der Waals surface area (Å²) in [6.45, 7) is 2.60. The van der Waals surface area contributed by atoms with Crippen LogP contribution < -0.4 is 4.90 Å². The highest BCUT2D eigenvalue weighted by molar-refractivity contribution is 7.22. The van der Waals surface area contributed by atoms with Crippen LogP contribution >= 0.6 is 22.9 Å². The molecule has 116 valence electrons. The third kappa shape index (κ3) is 2.84. The van der Waals surface area contributed by atoms with Crippen LogP contribution in [0, 0.1) is 10.1 Å². The largest absolute Gasteiger partial charge is 0.345 e. The number of carbonyl (C=O) groups excluding carboxylic acids is 1. The summed E-state index contributed by atoms with van der Waals surface area (Å²) in [6, 6.07) is 4.67. The molecular formula is C13H13ClN4O3S. The summed E-state index contributed by atoms with van der Waals surface area (Å²) in [4.78, 5) is 30.3. The Bertz CT molecular complexity index is 727. The molecule has 3 rings (SSSR count). The summed E-state index contributed by atoms with van der Waals surface area (Å²) in [5.74, 6) is -0.0496. The smallest absolute Gasteiger partial charge is 0.270 e. The Kier molecular flexibility index (Phi) is 4.12. The Balaban J connectivity index is 1.77. The van der Waals surface area contributed by atoms with Gasteiger partial charge in [-0.1, -0.05) is 11.3 Å². The van der Waals surface area contributed by atoms with Crippen molar-refractivity contribution in [2.75, 3.05) is 37.0 Å². The number of thiazole rings is 1. The number of hydrogen-bond donors (Lipinski definition) is 0. The van der Waals surface area contributed by atoms with Crippen LogP contribution in [-0.4, -0.2) is 52.8 Å². The number of nitrogens with zero attached hydrogens (tertiary/aromatic N) is 4. The zero-order valence-corrected chi connectivity index (χ0v) is 13.1. The van der Waals surface area contributed by atoms with E-state index < -0.39 is 4.92 Å². The molecule has 1 amide bonds. The van der Waals surface area contributed by atoms with Crippen molar-refractivity contribution < 1.29 is 9.72 Å². The van der Waals surface area contributed by atoms with Gasteiger partial charge in [0.1, 0.15) is 5.88 Å². The summed E-state index contributed by atoms with van der Waals surface area (Å²) in [5.41, 5.74) is 0.824. The van der Waals surface area contributed by atoms with Gasteiger partial charge < -0.3 is 9.80 Å². The average molecular weight is 341 g/mol. The Labute approximate surface area is 135 Å². The molecule has 0 atom stereocenters. The number of hydrogen-bond acceptors (Lipinski definition) is 6. The Morgan fingerprint density at radius 2 is 2.09 bits per heavy atom. The van der Waals surface area contributed by atoms with Gasteiger partial charge in [0.25, 0.3) is 5.69 Å². The maximum Gasteiger partial charge on any atom is 0.270 e. The number of anilines is 1. The van der Waals surface area contributed by atoms with E-state index in [4.69, 9.17) is 11.6 Å². The summed E-state index contributed by atoms with van der Waals surface area (Å²) >= 11 is 6.99. The van der Waals surface area contributed by atoms with Crippen molar-refractivity contribution in [2.45, 2.75) is 0 Å². The van der Waals surface area contributed by atoms with Gasteiger partial charge in [-0.25, -0.2) is 4.98 Å². The molecule has 0 N–H and O–H groups in total. The Morgan fingerprint density at radius 3 is 2.73 bits per heavy atom. The lowest BCUT2D eigenvalue weighted by molar-refractivity contribution is -0.384. The number of rotatable bonds is 3. The molecule has 1 aromatic heterocycles. The maximum absolute atomic E-state index is 11.6. The number of carbonyl (C=O) groups is 1. The number of nitro groups is 1. The summed E-state index contributed by atoms with van der Waals surface area (Å²) in [6.07, 6.45) is 0. The van der Waals surface area contributed by atoms with Crippen LogP contribution in [0.1, 0.15) is 0 Å². The first-order valence-electron chi connectivity index (χ1n) is 6.72. The van der Waals surface area contributed by atoms with Crippen LogP contribution in [0.15, 0.2) is 18.2 Å². The molecule has 1 aliphatic rings. The molecule has 2 aromatic rings. The van der Waals surface area contributed by atoms with Gasteiger partial charge in [0.05, 0.1) is 15.1 Å². The summed E-state index contributed by atoms with van der Waals surface area (Å²) < 4.78 is 0.795. The minimum Gasteiger partial charge on any atom is -0.345 e. The van der Waals surface area contributed by atoms with E-state index in [1.54, 1.807) is 17.0 Å². The highest BCUT2D eigenvalue weighted by Crippen LogP contribution is 2.31. The highest BCUT2D eigenvalue weighted by atomic mass is 35.5. The van der Waals surface area contributed by atoms with Crippen LogP contribution in [-0.2, 0) is 4.79 Å². The lowest BCUT2D eigenvalue weighted by Gasteiger charge is -2.34.